The number of aryl methyl sites for hydroxylation is 1. The minimum Gasteiger partial charge on any atom is -0.405 e. The van der Waals surface area contributed by atoms with Crippen molar-refractivity contribution in [3.8, 4) is 0 Å². The number of nitrogens with zero attached hydrogens (tertiary/aromatic N) is 1. The van der Waals surface area contributed by atoms with Gasteiger partial charge in [-0.05, 0) is 25.5 Å². The van der Waals surface area contributed by atoms with E-state index in [4.69, 9.17) is 4.43 Å². The van der Waals surface area contributed by atoms with E-state index in [-0.39, 0.29) is 10.6 Å². The highest BCUT2D eigenvalue weighted by atomic mass is 28.2. The molecule has 0 spiro atoms. The average molecular weight is 284 g/mol. The Balaban J connectivity index is 2.70. The summed E-state index contributed by atoms with van der Waals surface area (Å²) in [5, 5.41) is 11.4. The Morgan fingerprint density at radius 1 is 1.15 bits per heavy atom. The summed E-state index contributed by atoms with van der Waals surface area (Å²) in [6, 6.07) is 14.6. The molecule has 0 N–H and O–H groups in total. The molecule has 0 aromatic heterocycles. The molecule has 0 aliphatic rings. The van der Waals surface area contributed by atoms with Crippen LogP contribution in [0.1, 0.15) is 23.6 Å². The minimum absolute atomic E-state index is 0.0807. The van der Waals surface area contributed by atoms with Crippen LogP contribution in [-0.2, 0) is 10.0 Å². The predicted octanol–water partition coefficient (Wildman–Crippen LogP) is 3.27. The Bertz CT molecular complexity index is 630. The second-order valence-corrected chi connectivity index (χ2v) is 4.93. The molecule has 0 saturated carbocycles. The molecular weight excluding hydrogens is 270 g/mol. The molecule has 1 atom stereocenters. The van der Waals surface area contributed by atoms with Crippen LogP contribution in [0.4, 0.5) is 5.69 Å². The Hall–Kier alpha value is -1.98. The smallest absolute Gasteiger partial charge is 0.278 e. The molecule has 20 heavy (non-hydrogen) atoms. The van der Waals surface area contributed by atoms with E-state index in [0.717, 1.165) is 5.56 Å². The van der Waals surface area contributed by atoms with Gasteiger partial charge in [-0.2, -0.15) is 0 Å². The van der Waals surface area contributed by atoms with Crippen molar-refractivity contribution in [2.75, 3.05) is 0 Å². The third-order valence-corrected chi connectivity index (χ3v) is 3.87. The van der Waals surface area contributed by atoms with Crippen LogP contribution < -0.4 is 0 Å². The zero-order valence-corrected chi connectivity index (χ0v) is 12.3. The van der Waals surface area contributed by atoms with Crippen molar-refractivity contribution in [1.82, 2.24) is 0 Å². The number of benzene rings is 2. The van der Waals surface area contributed by atoms with Gasteiger partial charge in [0, 0.05) is 5.56 Å². The van der Waals surface area contributed by atoms with Crippen LogP contribution in [0, 0.1) is 17.0 Å². The molecular formula is C15H14NO3Si. The largest absolute Gasteiger partial charge is 0.405 e. The van der Waals surface area contributed by atoms with Gasteiger partial charge in [-0.1, -0.05) is 42.5 Å². The number of nitro groups is 1. The highest BCUT2D eigenvalue weighted by Crippen LogP contribution is 2.39. The number of para-hydroxylation sites is 1. The summed E-state index contributed by atoms with van der Waals surface area (Å²) >= 11 is 0. The van der Waals surface area contributed by atoms with E-state index in [0.29, 0.717) is 11.1 Å². The Kier molecular flexibility index (Phi) is 4.01. The number of hydrogen-bond donors (Lipinski definition) is 0. The lowest BCUT2D eigenvalue weighted by molar-refractivity contribution is -0.387. The fourth-order valence-electron chi connectivity index (χ4n) is 2.31. The number of hydrogen-bond acceptors (Lipinski definition) is 3. The van der Waals surface area contributed by atoms with Crippen molar-refractivity contribution >= 4 is 16.2 Å². The first-order valence-corrected chi connectivity index (χ1v) is 6.56. The van der Waals surface area contributed by atoms with Gasteiger partial charge in [0.05, 0.1) is 10.5 Å². The lowest BCUT2D eigenvalue weighted by Gasteiger charge is -2.29. The summed E-state index contributed by atoms with van der Waals surface area (Å²) < 4.78 is 5.46. The highest BCUT2D eigenvalue weighted by molar-refractivity contribution is 5.98. The summed E-state index contributed by atoms with van der Waals surface area (Å²) in [6.07, 6.45) is 0. The lowest BCUT2D eigenvalue weighted by atomic mass is 9.86. The summed E-state index contributed by atoms with van der Waals surface area (Å²) in [4.78, 5) is 11.0. The number of nitro benzene ring substituents is 1. The highest BCUT2D eigenvalue weighted by Gasteiger charge is 2.35. The van der Waals surface area contributed by atoms with E-state index in [9.17, 15) is 10.1 Å². The Morgan fingerprint density at radius 3 is 2.35 bits per heavy atom. The van der Waals surface area contributed by atoms with Gasteiger partial charge in [0.25, 0.3) is 5.69 Å². The molecule has 0 fully saturated rings. The normalized spacial score (nSPS) is 13.8. The van der Waals surface area contributed by atoms with Crippen LogP contribution >= 0.6 is 0 Å². The topological polar surface area (TPSA) is 52.4 Å². The van der Waals surface area contributed by atoms with Gasteiger partial charge in [0.15, 0.2) is 0 Å². The van der Waals surface area contributed by atoms with E-state index >= 15 is 0 Å². The molecule has 2 rings (SSSR count). The monoisotopic (exact) mass is 284 g/mol. The maximum Gasteiger partial charge on any atom is 0.278 e. The van der Waals surface area contributed by atoms with Crippen molar-refractivity contribution in [2.45, 2.75) is 19.4 Å². The zero-order valence-electron chi connectivity index (χ0n) is 11.3. The molecule has 0 amide bonds. The standard InChI is InChI=1S/C15H14NO3Si/c1-11-7-6-10-13(14(11)16(17)18)15(2,19-20)12-8-4-3-5-9-12/h3-10H,1-2H3. The van der Waals surface area contributed by atoms with Gasteiger partial charge in [0.1, 0.15) is 5.60 Å². The van der Waals surface area contributed by atoms with E-state index in [1.807, 2.05) is 30.3 Å². The molecule has 0 heterocycles. The van der Waals surface area contributed by atoms with Crippen LogP contribution in [-0.4, -0.2) is 15.4 Å². The molecule has 3 radical (unpaired) electrons. The summed E-state index contributed by atoms with van der Waals surface area (Å²) in [7, 11) is 3.08. The van der Waals surface area contributed by atoms with Crippen LogP contribution in [0.5, 0.6) is 0 Å². The molecule has 4 nitrogen and oxygen atoms in total. The van der Waals surface area contributed by atoms with Gasteiger partial charge in [-0.15, -0.1) is 0 Å². The lowest BCUT2D eigenvalue weighted by Crippen LogP contribution is -2.27. The van der Waals surface area contributed by atoms with Crippen molar-refractivity contribution < 1.29 is 9.35 Å². The quantitative estimate of drug-likeness (QED) is 0.492. The molecule has 0 aliphatic heterocycles. The van der Waals surface area contributed by atoms with Crippen molar-refractivity contribution in [3.05, 3.63) is 75.3 Å². The Labute approximate surface area is 121 Å². The zero-order chi connectivity index (χ0) is 14.8. The molecule has 2 aromatic carbocycles. The molecule has 0 saturated heterocycles. The maximum absolute atomic E-state index is 11.4. The molecule has 0 bridgehead atoms. The second-order valence-electron chi connectivity index (χ2n) is 4.73. The molecule has 1 unspecified atom stereocenters. The summed E-state index contributed by atoms with van der Waals surface area (Å²) in [5.41, 5.74) is 1.11. The van der Waals surface area contributed by atoms with Gasteiger partial charge in [0.2, 0.25) is 10.5 Å². The molecule has 2 aromatic rings. The molecule has 101 valence electrons. The predicted molar refractivity (Wildman–Crippen MR) is 77.6 cm³/mol. The van der Waals surface area contributed by atoms with Crippen LogP contribution in [0.25, 0.3) is 0 Å². The number of rotatable bonds is 4. The van der Waals surface area contributed by atoms with Gasteiger partial charge in [-0.3, -0.25) is 10.1 Å². The van der Waals surface area contributed by atoms with Crippen molar-refractivity contribution in [2.24, 2.45) is 0 Å². The van der Waals surface area contributed by atoms with E-state index in [1.165, 1.54) is 0 Å². The van der Waals surface area contributed by atoms with Crippen molar-refractivity contribution in [3.63, 3.8) is 0 Å². The van der Waals surface area contributed by atoms with Gasteiger partial charge in [-0.25, -0.2) is 0 Å². The summed E-state index contributed by atoms with van der Waals surface area (Å²) in [5.74, 6) is 0. The third kappa shape index (κ3) is 2.37. The van der Waals surface area contributed by atoms with Gasteiger partial charge < -0.3 is 4.43 Å². The molecule has 0 aliphatic carbocycles. The van der Waals surface area contributed by atoms with Crippen LogP contribution in [0.2, 0.25) is 0 Å². The molecule has 5 heteroatoms. The fourth-order valence-corrected chi connectivity index (χ4v) is 2.54. The van der Waals surface area contributed by atoms with Crippen LogP contribution in [0.15, 0.2) is 48.5 Å². The maximum atomic E-state index is 11.4. The SMILES string of the molecule is Cc1cccc(C(C)(O[Si])c2ccccc2)c1[N+](=O)[O-]. The van der Waals surface area contributed by atoms with E-state index < -0.39 is 5.60 Å². The summed E-state index contributed by atoms with van der Waals surface area (Å²) in [6.45, 7) is 3.53. The third-order valence-electron chi connectivity index (χ3n) is 3.46. The first-order chi connectivity index (χ1) is 9.50. The van der Waals surface area contributed by atoms with E-state index in [1.54, 1.807) is 32.0 Å². The minimum atomic E-state index is -0.938. The van der Waals surface area contributed by atoms with Crippen LogP contribution in [0.3, 0.4) is 0 Å². The first kappa shape index (κ1) is 14.4. The van der Waals surface area contributed by atoms with Crippen molar-refractivity contribution in [1.29, 1.82) is 0 Å². The van der Waals surface area contributed by atoms with Gasteiger partial charge >= 0.3 is 0 Å². The Morgan fingerprint density at radius 2 is 1.80 bits per heavy atom. The second kappa shape index (κ2) is 5.56. The van der Waals surface area contributed by atoms with E-state index in [2.05, 4.69) is 10.5 Å². The first-order valence-electron chi connectivity index (χ1n) is 6.15. The fraction of sp³-hybridized carbons (Fsp3) is 0.200. The average Bonchev–Trinajstić information content (AvgIpc) is 2.46.